The predicted octanol–water partition coefficient (Wildman–Crippen LogP) is 4.67. The van der Waals surface area contributed by atoms with Crippen molar-refractivity contribution in [1.82, 2.24) is 4.90 Å². The maximum atomic E-state index is 12.4. The molecule has 2 aromatic carbocycles. The number of Topliss-reactive ketones (excluding diaryl/α,β-unsaturated/α-hetero) is 1. The van der Waals surface area contributed by atoms with Crippen molar-refractivity contribution in [2.75, 3.05) is 14.1 Å². The highest BCUT2D eigenvalue weighted by molar-refractivity contribution is 6.42. The number of carbonyl (C=O) groups is 2. The van der Waals surface area contributed by atoms with E-state index in [1.165, 1.54) is 11.0 Å². The van der Waals surface area contributed by atoms with Crippen LogP contribution in [0.3, 0.4) is 0 Å². The van der Waals surface area contributed by atoms with Gasteiger partial charge in [0.05, 0.1) is 15.6 Å². The summed E-state index contributed by atoms with van der Waals surface area (Å²) in [6.45, 7) is 0. The second kappa shape index (κ2) is 6.78. The van der Waals surface area contributed by atoms with Crippen molar-refractivity contribution in [2.45, 2.75) is 0 Å². The molecule has 2 aromatic rings. The van der Waals surface area contributed by atoms with E-state index in [-0.39, 0.29) is 11.5 Å². The number of allylic oxidation sites excluding steroid dienone is 1. The summed E-state index contributed by atoms with van der Waals surface area (Å²) in [5.41, 5.74) is 1.08. The molecule has 0 aromatic heterocycles. The van der Waals surface area contributed by atoms with E-state index in [0.717, 1.165) is 0 Å². The van der Waals surface area contributed by atoms with Gasteiger partial charge >= 0.3 is 6.09 Å². The lowest BCUT2D eigenvalue weighted by atomic mass is 10.1. The van der Waals surface area contributed by atoms with E-state index >= 15 is 0 Å². The molecule has 1 heterocycles. The smallest absolute Gasteiger partial charge is 0.414 e. The number of halogens is 2. The molecule has 0 N–H and O–H groups in total. The van der Waals surface area contributed by atoms with Gasteiger partial charge in [-0.3, -0.25) is 4.79 Å². The molecule has 0 saturated carbocycles. The maximum Gasteiger partial charge on any atom is 0.414 e. The van der Waals surface area contributed by atoms with Gasteiger partial charge in [0.25, 0.3) is 0 Å². The Labute approximate surface area is 154 Å². The SMILES string of the molecule is CN(C)C(=O)Oc1ccc2c(c1)OC(=Cc1ccc(Cl)c(Cl)c1)C2=O. The van der Waals surface area contributed by atoms with Crippen molar-refractivity contribution in [2.24, 2.45) is 0 Å². The van der Waals surface area contributed by atoms with Crippen LogP contribution in [-0.4, -0.2) is 30.9 Å². The molecule has 0 atom stereocenters. The number of hydrogen-bond donors (Lipinski definition) is 0. The number of nitrogens with zero attached hydrogens (tertiary/aromatic N) is 1. The molecule has 0 aliphatic carbocycles. The molecule has 5 nitrogen and oxygen atoms in total. The first-order valence-electron chi connectivity index (χ1n) is 7.27. The van der Waals surface area contributed by atoms with E-state index in [0.29, 0.717) is 32.7 Å². The minimum atomic E-state index is -0.518. The van der Waals surface area contributed by atoms with Crippen LogP contribution in [0.1, 0.15) is 15.9 Å². The molecular weight excluding hydrogens is 365 g/mol. The van der Waals surface area contributed by atoms with Crippen molar-refractivity contribution < 1.29 is 19.1 Å². The highest BCUT2D eigenvalue weighted by Gasteiger charge is 2.28. The summed E-state index contributed by atoms with van der Waals surface area (Å²) in [7, 11) is 3.15. The zero-order valence-corrected chi connectivity index (χ0v) is 14.9. The molecule has 0 saturated heterocycles. The second-order valence-corrected chi connectivity index (χ2v) is 6.35. The van der Waals surface area contributed by atoms with Gasteiger partial charge in [-0.15, -0.1) is 0 Å². The van der Waals surface area contributed by atoms with Crippen LogP contribution in [0.15, 0.2) is 42.2 Å². The molecule has 1 aliphatic rings. The van der Waals surface area contributed by atoms with Gasteiger partial charge in [0, 0.05) is 20.2 Å². The minimum absolute atomic E-state index is 0.157. The Bertz CT molecular complexity index is 906. The second-order valence-electron chi connectivity index (χ2n) is 5.53. The summed E-state index contributed by atoms with van der Waals surface area (Å²) in [6.07, 6.45) is 1.06. The first-order chi connectivity index (χ1) is 11.8. The zero-order valence-electron chi connectivity index (χ0n) is 13.4. The van der Waals surface area contributed by atoms with Gasteiger partial charge in [-0.25, -0.2) is 4.79 Å². The number of amides is 1. The van der Waals surface area contributed by atoms with E-state index < -0.39 is 6.09 Å². The van der Waals surface area contributed by atoms with Gasteiger partial charge < -0.3 is 14.4 Å². The highest BCUT2D eigenvalue weighted by Crippen LogP contribution is 2.35. The van der Waals surface area contributed by atoms with Gasteiger partial charge in [0.1, 0.15) is 11.5 Å². The standard InChI is InChI=1S/C18H13Cl2NO4/c1-21(2)18(23)24-11-4-5-12-15(9-11)25-16(17(12)22)8-10-3-6-13(19)14(20)7-10/h3-9H,1-2H3. The van der Waals surface area contributed by atoms with Gasteiger partial charge in [-0.2, -0.15) is 0 Å². The molecular formula is C18H13Cl2NO4. The summed E-state index contributed by atoms with van der Waals surface area (Å²) in [6, 6.07) is 9.62. The molecule has 128 valence electrons. The molecule has 0 unspecified atom stereocenters. The fourth-order valence-electron chi connectivity index (χ4n) is 2.18. The fraction of sp³-hybridized carbons (Fsp3) is 0.111. The fourth-order valence-corrected chi connectivity index (χ4v) is 2.48. The van der Waals surface area contributed by atoms with Crippen molar-refractivity contribution >= 4 is 41.2 Å². The van der Waals surface area contributed by atoms with E-state index in [9.17, 15) is 9.59 Å². The molecule has 1 amide bonds. The third kappa shape index (κ3) is 3.62. The minimum Gasteiger partial charge on any atom is -0.452 e. The maximum absolute atomic E-state index is 12.4. The van der Waals surface area contributed by atoms with Crippen LogP contribution in [-0.2, 0) is 0 Å². The average Bonchev–Trinajstić information content (AvgIpc) is 2.86. The van der Waals surface area contributed by atoms with E-state index in [2.05, 4.69) is 0 Å². The summed E-state index contributed by atoms with van der Waals surface area (Å²) in [5.74, 6) is 0.525. The molecule has 7 heteroatoms. The lowest BCUT2D eigenvalue weighted by molar-refractivity contribution is 0.101. The third-order valence-electron chi connectivity index (χ3n) is 3.45. The molecule has 0 bridgehead atoms. The summed E-state index contributed by atoms with van der Waals surface area (Å²) < 4.78 is 10.8. The molecule has 0 spiro atoms. The van der Waals surface area contributed by atoms with Gasteiger partial charge in [0.15, 0.2) is 5.76 Å². The van der Waals surface area contributed by atoms with Crippen LogP contribution in [0.25, 0.3) is 6.08 Å². The number of ether oxygens (including phenoxy) is 2. The quantitative estimate of drug-likeness (QED) is 0.713. The van der Waals surface area contributed by atoms with Crippen LogP contribution in [0.5, 0.6) is 11.5 Å². The Morgan fingerprint density at radius 1 is 1.12 bits per heavy atom. The number of rotatable bonds is 2. The van der Waals surface area contributed by atoms with Crippen molar-refractivity contribution in [3.8, 4) is 11.5 Å². The lowest BCUT2D eigenvalue weighted by Gasteiger charge is -2.10. The normalized spacial score (nSPS) is 14.2. The highest BCUT2D eigenvalue weighted by atomic mass is 35.5. The zero-order chi connectivity index (χ0) is 18.1. The van der Waals surface area contributed by atoms with E-state index in [1.807, 2.05) is 0 Å². The number of benzene rings is 2. The summed E-state index contributed by atoms with van der Waals surface area (Å²) in [4.78, 5) is 25.3. The Morgan fingerprint density at radius 2 is 1.88 bits per heavy atom. The topological polar surface area (TPSA) is 55.8 Å². The number of carbonyl (C=O) groups excluding carboxylic acids is 2. The average molecular weight is 378 g/mol. The number of hydrogen-bond acceptors (Lipinski definition) is 4. The van der Waals surface area contributed by atoms with Crippen molar-refractivity contribution in [1.29, 1.82) is 0 Å². The number of fused-ring (bicyclic) bond motifs is 1. The third-order valence-corrected chi connectivity index (χ3v) is 4.19. The van der Waals surface area contributed by atoms with Crippen LogP contribution >= 0.6 is 23.2 Å². The van der Waals surface area contributed by atoms with Crippen LogP contribution < -0.4 is 9.47 Å². The van der Waals surface area contributed by atoms with E-state index in [1.54, 1.807) is 50.5 Å². The van der Waals surface area contributed by atoms with Crippen LogP contribution in [0.2, 0.25) is 10.0 Å². The molecule has 3 rings (SSSR count). The van der Waals surface area contributed by atoms with E-state index in [4.69, 9.17) is 32.7 Å². The monoisotopic (exact) mass is 377 g/mol. The van der Waals surface area contributed by atoms with Crippen LogP contribution in [0.4, 0.5) is 4.79 Å². The molecule has 0 fully saturated rings. The van der Waals surface area contributed by atoms with Gasteiger partial charge in [-0.05, 0) is 35.9 Å². The predicted molar refractivity (Wildman–Crippen MR) is 95.6 cm³/mol. The van der Waals surface area contributed by atoms with Crippen LogP contribution in [0, 0.1) is 0 Å². The molecule has 25 heavy (non-hydrogen) atoms. The largest absolute Gasteiger partial charge is 0.452 e. The molecule has 0 radical (unpaired) electrons. The summed E-state index contributed by atoms with van der Waals surface area (Å²) in [5, 5.41) is 0.815. The first kappa shape index (κ1) is 17.3. The first-order valence-corrected chi connectivity index (χ1v) is 8.03. The van der Waals surface area contributed by atoms with Gasteiger partial charge in [0.2, 0.25) is 5.78 Å². The Balaban J connectivity index is 1.86. The Hall–Kier alpha value is -2.50. The van der Waals surface area contributed by atoms with Crippen molar-refractivity contribution in [3.05, 3.63) is 63.3 Å². The Morgan fingerprint density at radius 3 is 2.56 bits per heavy atom. The lowest BCUT2D eigenvalue weighted by Crippen LogP contribution is -2.25. The summed E-state index contributed by atoms with van der Waals surface area (Å²) >= 11 is 11.9. The number of ketones is 1. The molecule has 1 aliphatic heterocycles. The Kier molecular flexibility index (Phi) is 4.70. The van der Waals surface area contributed by atoms with Crippen molar-refractivity contribution in [3.63, 3.8) is 0 Å². The van der Waals surface area contributed by atoms with Gasteiger partial charge in [-0.1, -0.05) is 29.3 Å².